The Balaban J connectivity index is 2.47. The van der Waals surface area contributed by atoms with Gasteiger partial charge in [-0.2, -0.15) is 0 Å². The predicted octanol–water partition coefficient (Wildman–Crippen LogP) is 2.34. The van der Waals surface area contributed by atoms with Crippen molar-refractivity contribution in [1.82, 2.24) is 9.88 Å². The van der Waals surface area contributed by atoms with Gasteiger partial charge in [-0.25, -0.2) is 0 Å². The molecule has 2 aromatic rings. The zero-order valence-corrected chi connectivity index (χ0v) is 11.4. The second-order valence-electron chi connectivity index (χ2n) is 4.44. The molecule has 0 spiro atoms. The van der Waals surface area contributed by atoms with Gasteiger partial charge in [0.25, 0.3) is 5.56 Å². The number of nitrogens with zero attached hydrogens (tertiary/aromatic N) is 1. The maximum Gasteiger partial charge on any atom is 0.253 e. The van der Waals surface area contributed by atoms with Crippen molar-refractivity contribution in [3.63, 3.8) is 0 Å². The fraction of sp³-hybridized carbons (Fsp3) is 0.357. The van der Waals surface area contributed by atoms with Crippen LogP contribution in [0, 0.1) is 0 Å². The summed E-state index contributed by atoms with van der Waals surface area (Å²) in [6, 6.07) is 7.61. The SMILES string of the molecule is CNCCCc1cc2ccc(Cl)cc2n(C)c1=O. The first kappa shape index (κ1) is 13.1. The molecule has 0 bridgehead atoms. The molecule has 0 fully saturated rings. The third-order valence-electron chi connectivity index (χ3n) is 3.14. The molecule has 0 atom stereocenters. The fourth-order valence-electron chi connectivity index (χ4n) is 2.14. The normalized spacial score (nSPS) is 11.1. The summed E-state index contributed by atoms with van der Waals surface area (Å²) in [6.07, 6.45) is 1.76. The van der Waals surface area contributed by atoms with Crippen LogP contribution >= 0.6 is 11.6 Å². The van der Waals surface area contributed by atoms with Gasteiger partial charge in [-0.3, -0.25) is 4.79 Å². The van der Waals surface area contributed by atoms with Gasteiger partial charge >= 0.3 is 0 Å². The van der Waals surface area contributed by atoms with Gasteiger partial charge in [0.1, 0.15) is 0 Å². The summed E-state index contributed by atoms with van der Waals surface area (Å²) < 4.78 is 1.68. The van der Waals surface area contributed by atoms with Crippen LogP contribution in [0.1, 0.15) is 12.0 Å². The first-order valence-electron chi connectivity index (χ1n) is 6.06. The van der Waals surface area contributed by atoms with Gasteiger partial charge < -0.3 is 9.88 Å². The zero-order valence-electron chi connectivity index (χ0n) is 10.7. The number of rotatable bonds is 4. The lowest BCUT2D eigenvalue weighted by molar-refractivity contribution is 0.716. The average Bonchev–Trinajstić information content (AvgIpc) is 2.36. The number of nitrogens with one attached hydrogen (secondary N) is 1. The van der Waals surface area contributed by atoms with E-state index in [1.54, 1.807) is 11.6 Å². The molecule has 1 N–H and O–H groups in total. The average molecular weight is 265 g/mol. The molecule has 18 heavy (non-hydrogen) atoms. The number of halogens is 1. The summed E-state index contributed by atoms with van der Waals surface area (Å²) in [4.78, 5) is 12.2. The van der Waals surface area contributed by atoms with E-state index in [0.717, 1.165) is 35.9 Å². The minimum Gasteiger partial charge on any atom is -0.320 e. The van der Waals surface area contributed by atoms with Crippen molar-refractivity contribution >= 4 is 22.5 Å². The molecule has 0 radical (unpaired) electrons. The van der Waals surface area contributed by atoms with Crippen molar-refractivity contribution in [2.75, 3.05) is 13.6 Å². The second-order valence-corrected chi connectivity index (χ2v) is 4.88. The maximum atomic E-state index is 12.2. The molecule has 0 saturated carbocycles. The van der Waals surface area contributed by atoms with E-state index in [0.29, 0.717) is 5.02 Å². The Morgan fingerprint density at radius 2 is 2.11 bits per heavy atom. The molecule has 1 heterocycles. The molecule has 0 amide bonds. The number of hydrogen-bond donors (Lipinski definition) is 1. The molecule has 4 heteroatoms. The zero-order chi connectivity index (χ0) is 13.1. The standard InChI is InChI=1S/C14H17ClN2O/c1-16-7-3-4-11-8-10-5-6-12(15)9-13(10)17(2)14(11)18/h5-6,8-9,16H,3-4,7H2,1-2H3. The summed E-state index contributed by atoms with van der Waals surface area (Å²) in [5.74, 6) is 0. The van der Waals surface area contributed by atoms with Crippen LogP contribution in [-0.4, -0.2) is 18.2 Å². The van der Waals surface area contributed by atoms with E-state index >= 15 is 0 Å². The highest BCUT2D eigenvalue weighted by Gasteiger charge is 2.06. The molecule has 0 unspecified atom stereocenters. The number of pyridine rings is 1. The van der Waals surface area contributed by atoms with Crippen molar-refractivity contribution in [3.05, 3.63) is 45.2 Å². The number of benzene rings is 1. The van der Waals surface area contributed by atoms with Gasteiger partial charge in [-0.15, -0.1) is 0 Å². The van der Waals surface area contributed by atoms with Crippen LogP contribution in [-0.2, 0) is 13.5 Å². The van der Waals surface area contributed by atoms with Crippen LogP contribution in [0.3, 0.4) is 0 Å². The van der Waals surface area contributed by atoms with E-state index in [1.807, 2.05) is 31.3 Å². The molecule has 0 aliphatic rings. The number of hydrogen-bond acceptors (Lipinski definition) is 2. The first-order valence-corrected chi connectivity index (χ1v) is 6.44. The summed E-state index contributed by atoms with van der Waals surface area (Å²) in [5, 5.41) is 4.80. The molecule has 0 saturated heterocycles. The summed E-state index contributed by atoms with van der Waals surface area (Å²) in [5.41, 5.74) is 1.81. The van der Waals surface area contributed by atoms with Gasteiger partial charge in [0.15, 0.2) is 0 Å². The molecule has 1 aromatic heterocycles. The predicted molar refractivity (Wildman–Crippen MR) is 76.4 cm³/mol. The Hall–Kier alpha value is -1.32. The van der Waals surface area contributed by atoms with E-state index in [-0.39, 0.29) is 5.56 Å². The van der Waals surface area contributed by atoms with E-state index in [9.17, 15) is 4.79 Å². The third-order valence-corrected chi connectivity index (χ3v) is 3.37. The molecule has 3 nitrogen and oxygen atoms in total. The quantitative estimate of drug-likeness (QED) is 0.860. The lowest BCUT2D eigenvalue weighted by Gasteiger charge is -2.09. The molecular weight excluding hydrogens is 248 g/mol. The van der Waals surface area contributed by atoms with E-state index in [1.165, 1.54) is 0 Å². The third kappa shape index (κ3) is 2.57. The Labute approximate surface area is 111 Å². The minimum absolute atomic E-state index is 0.0702. The van der Waals surface area contributed by atoms with E-state index < -0.39 is 0 Å². The first-order chi connectivity index (χ1) is 8.63. The highest BCUT2D eigenvalue weighted by Crippen LogP contribution is 2.18. The number of aromatic nitrogens is 1. The van der Waals surface area contributed by atoms with Crippen LogP contribution in [0.5, 0.6) is 0 Å². The molecule has 96 valence electrons. The fourth-order valence-corrected chi connectivity index (χ4v) is 2.30. The van der Waals surface area contributed by atoms with Crippen LogP contribution in [0.25, 0.3) is 10.9 Å². The van der Waals surface area contributed by atoms with Gasteiger partial charge in [-0.05, 0) is 50.0 Å². The lowest BCUT2D eigenvalue weighted by Crippen LogP contribution is -2.22. The van der Waals surface area contributed by atoms with E-state index in [4.69, 9.17) is 11.6 Å². The Morgan fingerprint density at radius 1 is 1.33 bits per heavy atom. The van der Waals surface area contributed by atoms with Crippen molar-refractivity contribution in [1.29, 1.82) is 0 Å². The Kier molecular flexibility index (Phi) is 4.04. The molecule has 2 rings (SSSR count). The lowest BCUT2D eigenvalue weighted by atomic mass is 10.1. The summed E-state index contributed by atoms with van der Waals surface area (Å²) >= 11 is 5.96. The number of aryl methyl sites for hydroxylation is 2. The topological polar surface area (TPSA) is 34.0 Å². The van der Waals surface area contributed by atoms with Crippen LogP contribution in [0.15, 0.2) is 29.1 Å². The second kappa shape index (κ2) is 5.55. The molecular formula is C14H17ClN2O. The Morgan fingerprint density at radius 3 is 2.83 bits per heavy atom. The maximum absolute atomic E-state index is 12.2. The molecule has 1 aromatic carbocycles. The summed E-state index contributed by atoms with van der Waals surface area (Å²) in [7, 11) is 3.71. The van der Waals surface area contributed by atoms with Crippen molar-refractivity contribution < 1.29 is 0 Å². The van der Waals surface area contributed by atoms with E-state index in [2.05, 4.69) is 5.32 Å². The molecule has 0 aliphatic carbocycles. The highest BCUT2D eigenvalue weighted by atomic mass is 35.5. The van der Waals surface area contributed by atoms with Crippen LogP contribution in [0.4, 0.5) is 0 Å². The smallest absolute Gasteiger partial charge is 0.253 e. The minimum atomic E-state index is 0.0702. The van der Waals surface area contributed by atoms with Crippen LogP contribution < -0.4 is 10.9 Å². The van der Waals surface area contributed by atoms with Crippen LogP contribution in [0.2, 0.25) is 5.02 Å². The van der Waals surface area contributed by atoms with Crippen molar-refractivity contribution in [2.24, 2.45) is 7.05 Å². The summed E-state index contributed by atoms with van der Waals surface area (Å²) in [6.45, 7) is 0.918. The van der Waals surface area contributed by atoms with Gasteiger partial charge in [0.05, 0.1) is 5.52 Å². The van der Waals surface area contributed by atoms with Gasteiger partial charge in [-0.1, -0.05) is 17.7 Å². The van der Waals surface area contributed by atoms with Gasteiger partial charge in [0.2, 0.25) is 0 Å². The largest absolute Gasteiger partial charge is 0.320 e. The van der Waals surface area contributed by atoms with Crippen molar-refractivity contribution in [2.45, 2.75) is 12.8 Å². The molecule has 0 aliphatic heterocycles. The van der Waals surface area contributed by atoms with Crippen molar-refractivity contribution in [3.8, 4) is 0 Å². The monoisotopic (exact) mass is 264 g/mol. The highest BCUT2D eigenvalue weighted by molar-refractivity contribution is 6.31. The Bertz CT molecular complexity index is 619. The van der Waals surface area contributed by atoms with Gasteiger partial charge in [0, 0.05) is 17.6 Å². The number of fused-ring (bicyclic) bond motifs is 1.